The first-order valence-electron chi connectivity index (χ1n) is 9.11. The summed E-state index contributed by atoms with van der Waals surface area (Å²) >= 11 is 0. The van der Waals surface area contributed by atoms with E-state index in [1.54, 1.807) is 0 Å². The Morgan fingerprint density at radius 1 is 0.913 bits per heavy atom. The average molecular weight is 328 g/mol. The molecule has 0 heterocycles. The summed E-state index contributed by atoms with van der Waals surface area (Å²) in [4.78, 5) is 28.2. The summed E-state index contributed by atoms with van der Waals surface area (Å²) in [5.41, 5.74) is 0. The molecule has 5 heteroatoms. The lowest BCUT2D eigenvalue weighted by molar-refractivity contribution is -0.142. The lowest BCUT2D eigenvalue weighted by Crippen LogP contribution is -2.38. The zero-order chi connectivity index (χ0) is 17.7. The second kappa shape index (κ2) is 13.3. The molecule has 0 aliphatic heterocycles. The first-order valence-corrected chi connectivity index (χ1v) is 9.11. The van der Waals surface area contributed by atoms with E-state index in [1.807, 2.05) is 18.7 Å². The SMILES string of the molecule is CCC(CC)C(=O)N(CCCCN(CC)CC)CCC(=O)OC. The van der Waals surface area contributed by atoms with Gasteiger partial charge in [0.05, 0.1) is 13.5 Å². The number of unbranched alkanes of at least 4 members (excludes halogenated alkanes) is 1. The maximum atomic E-state index is 12.6. The Balaban J connectivity index is 4.47. The molecule has 23 heavy (non-hydrogen) atoms. The molecule has 5 nitrogen and oxygen atoms in total. The minimum absolute atomic E-state index is 0.0652. The molecule has 0 unspecified atom stereocenters. The zero-order valence-electron chi connectivity index (χ0n) is 15.8. The van der Waals surface area contributed by atoms with Crippen molar-refractivity contribution in [3.8, 4) is 0 Å². The average Bonchev–Trinajstić information content (AvgIpc) is 2.58. The van der Waals surface area contributed by atoms with E-state index in [0.717, 1.165) is 51.9 Å². The van der Waals surface area contributed by atoms with Crippen LogP contribution in [-0.2, 0) is 14.3 Å². The Bertz CT molecular complexity index is 326. The van der Waals surface area contributed by atoms with Crippen LogP contribution in [0.15, 0.2) is 0 Å². The van der Waals surface area contributed by atoms with Crippen molar-refractivity contribution in [1.29, 1.82) is 0 Å². The Hall–Kier alpha value is -1.10. The number of carbonyl (C=O) groups is 2. The molecule has 1 amide bonds. The summed E-state index contributed by atoms with van der Waals surface area (Å²) in [5, 5.41) is 0. The van der Waals surface area contributed by atoms with Crippen LogP contribution in [-0.4, -0.2) is 61.5 Å². The lowest BCUT2D eigenvalue weighted by atomic mass is 10.0. The van der Waals surface area contributed by atoms with Gasteiger partial charge in [-0.2, -0.15) is 0 Å². The number of esters is 1. The fraction of sp³-hybridized carbons (Fsp3) is 0.889. The molecule has 0 saturated heterocycles. The third kappa shape index (κ3) is 8.94. The van der Waals surface area contributed by atoms with Crippen LogP contribution in [0, 0.1) is 5.92 Å². The second-order valence-electron chi connectivity index (χ2n) is 5.90. The molecule has 0 aliphatic carbocycles. The molecule has 0 fully saturated rings. The normalized spacial score (nSPS) is 11.1. The van der Waals surface area contributed by atoms with Gasteiger partial charge in [0.1, 0.15) is 0 Å². The van der Waals surface area contributed by atoms with Crippen LogP contribution >= 0.6 is 0 Å². The highest BCUT2D eigenvalue weighted by atomic mass is 16.5. The monoisotopic (exact) mass is 328 g/mol. The van der Waals surface area contributed by atoms with Crippen molar-refractivity contribution in [2.24, 2.45) is 5.92 Å². The molecule has 0 aromatic carbocycles. The molecule has 0 aromatic heterocycles. The summed E-state index contributed by atoms with van der Waals surface area (Å²) in [5.74, 6) is -0.00680. The van der Waals surface area contributed by atoms with Gasteiger partial charge in [0.15, 0.2) is 0 Å². The minimum Gasteiger partial charge on any atom is -0.469 e. The van der Waals surface area contributed by atoms with Gasteiger partial charge in [0.2, 0.25) is 5.91 Å². The Morgan fingerprint density at radius 3 is 1.96 bits per heavy atom. The van der Waals surface area contributed by atoms with Crippen molar-refractivity contribution >= 4 is 11.9 Å². The van der Waals surface area contributed by atoms with E-state index in [0.29, 0.717) is 6.54 Å². The molecule has 0 spiro atoms. The van der Waals surface area contributed by atoms with Gasteiger partial charge in [-0.3, -0.25) is 9.59 Å². The van der Waals surface area contributed by atoms with Crippen molar-refractivity contribution < 1.29 is 14.3 Å². The quantitative estimate of drug-likeness (QED) is 0.385. The molecule has 136 valence electrons. The van der Waals surface area contributed by atoms with Crippen molar-refractivity contribution in [3.05, 3.63) is 0 Å². The van der Waals surface area contributed by atoms with Crippen molar-refractivity contribution in [2.75, 3.05) is 39.8 Å². The standard InChI is InChI=1S/C18H36N2O3/c1-6-16(7-2)18(22)20(15-12-17(21)23-5)14-11-10-13-19(8-3)9-4/h16H,6-15H2,1-5H3. The number of amides is 1. The van der Waals surface area contributed by atoms with E-state index in [1.165, 1.54) is 7.11 Å². The Labute approximate surface area is 142 Å². The molecule has 0 rings (SSSR count). The summed E-state index contributed by atoms with van der Waals surface area (Å²) in [6.07, 6.45) is 4.03. The third-order valence-electron chi connectivity index (χ3n) is 4.51. The van der Waals surface area contributed by atoms with E-state index < -0.39 is 0 Å². The van der Waals surface area contributed by atoms with Gasteiger partial charge < -0.3 is 14.5 Å². The van der Waals surface area contributed by atoms with Crippen LogP contribution in [0.3, 0.4) is 0 Å². The summed E-state index contributed by atoms with van der Waals surface area (Å²) in [6.45, 7) is 12.8. The van der Waals surface area contributed by atoms with Gasteiger partial charge in [-0.05, 0) is 45.3 Å². The van der Waals surface area contributed by atoms with Crippen LogP contribution < -0.4 is 0 Å². The van der Waals surface area contributed by atoms with Crippen LogP contribution in [0.1, 0.15) is 59.8 Å². The first kappa shape index (κ1) is 21.9. The van der Waals surface area contributed by atoms with E-state index >= 15 is 0 Å². The molecule has 0 bridgehead atoms. The zero-order valence-corrected chi connectivity index (χ0v) is 15.8. The summed E-state index contributed by atoms with van der Waals surface area (Å²) in [7, 11) is 1.39. The van der Waals surface area contributed by atoms with Crippen molar-refractivity contribution in [1.82, 2.24) is 9.80 Å². The van der Waals surface area contributed by atoms with Gasteiger partial charge in [-0.1, -0.05) is 27.7 Å². The van der Waals surface area contributed by atoms with Gasteiger partial charge in [-0.15, -0.1) is 0 Å². The highest BCUT2D eigenvalue weighted by Crippen LogP contribution is 2.13. The first-order chi connectivity index (χ1) is 11.0. The molecule has 0 radical (unpaired) electrons. The van der Waals surface area contributed by atoms with E-state index in [-0.39, 0.29) is 24.2 Å². The maximum Gasteiger partial charge on any atom is 0.307 e. The highest BCUT2D eigenvalue weighted by molar-refractivity contribution is 5.79. The number of carbonyl (C=O) groups excluding carboxylic acids is 2. The van der Waals surface area contributed by atoms with Crippen LogP contribution in [0.25, 0.3) is 0 Å². The van der Waals surface area contributed by atoms with E-state index in [4.69, 9.17) is 4.74 Å². The molecular formula is C18H36N2O3. The number of hydrogen-bond donors (Lipinski definition) is 0. The number of ether oxygens (including phenoxy) is 1. The molecule has 0 N–H and O–H groups in total. The topological polar surface area (TPSA) is 49.9 Å². The van der Waals surface area contributed by atoms with Gasteiger partial charge >= 0.3 is 5.97 Å². The van der Waals surface area contributed by atoms with Gasteiger partial charge in [0.25, 0.3) is 0 Å². The predicted molar refractivity (Wildman–Crippen MR) is 94.3 cm³/mol. The molecule has 0 aliphatic rings. The second-order valence-corrected chi connectivity index (χ2v) is 5.90. The predicted octanol–water partition coefficient (Wildman–Crippen LogP) is 2.94. The van der Waals surface area contributed by atoms with Crippen LogP contribution in [0.5, 0.6) is 0 Å². The number of methoxy groups -OCH3 is 1. The molecular weight excluding hydrogens is 292 g/mol. The fourth-order valence-corrected chi connectivity index (χ4v) is 2.73. The number of nitrogens with zero attached hydrogens (tertiary/aromatic N) is 2. The summed E-state index contributed by atoms with van der Waals surface area (Å²) < 4.78 is 4.70. The van der Waals surface area contributed by atoms with Crippen molar-refractivity contribution in [3.63, 3.8) is 0 Å². The lowest BCUT2D eigenvalue weighted by Gasteiger charge is -2.27. The van der Waals surface area contributed by atoms with E-state index in [2.05, 4.69) is 18.7 Å². The minimum atomic E-state index is -0.254. The molecule has 0 atom stereocenters. The summed E-state index contributed by atoms with van der Waals surface area (Å²) in [6, 6.07) is 0. The fourth-order valence-electron chi connectivity index (χ4n) is 2.73. The third-order valence-corrected chi connectivity index (χ3v) is 4.51. The number of hydrogen-bond acceptors (Lipinski definition) is 4. The molecule has 0 aromatic rings. The Kier molecular flexibility index (Phi) is 12.7. The maximum absolute atomic E-state index is 12.6. The Morgan fingerprint density at radius 2 is 1.48 bits per heavy atom. The highest BCUT2D eigenvalue weighted by Gasteiger charge is 2.21. The number of rotatable bonds is 13. The van der Waals surface area contributed by atoms with Gasteiger partial charge in [0, 0.05) is 19.0 Å². The molecule has 0 saturated carbocycles. The van der Waals surface area contributed by atoms with Crippen LogP contribution in [0.2, 0.25) is 0 Å². The largest absolute Gasteiger partial charge is 0.469 e. The van der Waals surface area contributed by atoms with Crippen LogP contribution in [0.4, 0.5) is 0 Å². The van der Waals surface area contributed by atoms with Gasteiger partial charge in [-0.25, -0.2) is 0 Å². The smallest absolute Gasteiger partial charge is 0.307 e. The van der Waals surface area contributed by atoms with E-state index in [9.17, 15) is 9.59 Å². The van der Waals surface area contributed by atoms with Crippen molar-refractivity contribution in [2.45, 2.75) is 59.8 Å².